The Kier molecular flexibility index (Phi) is 5.10. The molecule has 2 aromatic carbocycles. The third-order valence-electron chi connectivity index (χ3n) is 3.28. The molecule has 8 heteroatoms. The van der Waals surface area contributed by atoms with E-state index >= 15 is 0 Å². The van der Waals surface area contributed by atoms with Gasteiger partial charge in [-0.05, 0) is 36.4 Å². The van der Waals surface area contributed by atoms with Gasteiger partial charge in [-0.25, -0.2) is 0 Å². The van der Waals surface area contributed by atoms with Gasteiger partial charge in [0.2, 0.25) is 0 Å². The van der Waals surface area contributed by atoms with E-state index in [0.29, 0.717) is 5.56 Å². The number of carbonyl (C=O) groups excluding carboxylic acids is 2. The minimum Gasteiger partial charge on any atom is -0.378 e. The fourth-order valence-corrected chi connectivity index (χ4v) is 1.90. The molecule has 0 radical (unpaired) electrons. The van der Waals surface area contributed by atoms with E-state index in [2.05, 4.69) is 10.9 Å². The Morgan fingerprint density at radius 1 is 0.875 bits per heavy atom. The van der Waals surface area contributed by atoms with E-state index in [1.54, 1.807) is 24.3 Å². The van der Waals surface area contributed by atoms with Crippen LogP contribution in [0.4, 0.5) is 11.4 Å². The number of non-ortho nitro benzene ring substituents is 1. The minimum absolute atomic E-state index is 0.114. The maximum Gasteiger partial charge on any atom is 0.269 e. The normalized spacial score (nSPS) is 9.92. The van der Waals surface area contributed by atoms with Crippen LogP contribution in [0.1, 0.15) is 20.7 Å². The molecule has 0 saturated carbocycles. The summed E-state index contributed by atoms with van der Waals surface area (Å²) in [5, 5.41) is 10.6. The molecule has 0 bridgehead atoms. The van der Waals surface area contributed by atoms with E-state index in [4.69, 9.17) is 0 Å². The van der Waals surface area contributed by atoms with Crippen molar-refractivity contribution < 1.29 is 14.5 Å². The molecule has 0 saturated heterocycles. The van der Waals surface area contributed by atoms with Crippen LogP contribution in [0, 0.1) is 10.1 Å². The van der Waals surface area contributed by atoms with E-state index < -0.39 is 16.7 Å². The van der Waals surface area contributed by atoms with Crippen molar-refractivity contribution in [1.29, 1.82) is 0 Å². The van der Waals surface area contributed by atoms with Crippen molar-refractivity contribution in [3.05, 3.63) is 69.8 Å². The molecule has 8 nitrogen and oxygen atoms in total. The topological polar surface area (TPSA) is 105 Å². The largest absolute Gasteiger partial charge is 0.378 e. The quantitative estimate of drug-likeness (QED) is 0.657. The molecule has 0 fully saturated rings. The number of rotatable bonds is 4. The molecule has 2 N–H and O–H groups in total. The molecule has 0 atom stereocenters. The van der Waals surface area contributed by atoms with Gasteiger partial charge in [-0.1, -0.05) is 0 Å². The van der Waals surface area contributed by atoms with Crippen LogP contribution in [-0.4, -0.2) is 30.8 Å². The fourth-order valence-electron chi connectivity index (χ4n) is 1.90. The van der Waals surface area contributed by atoms with Gasteiger partial charge in [0, 0.05) is 43.0 Å². The number of hydrogen-bond donors (Lipinski definition) is 2. The number of nitro benzene ring substituents is 1. The Bertz CT molecular complexity index is 755. The lowest BCUT2D eigenvalue weighted by atomic mass is 10.2. The third-order valence-corrected chi connectivity index (χ3v) is 3.28. The van der Waals surface area contributed by atoms with Crippen molar-refractivity contribution in [2.24, 2.45) is 0 Å². The highest BCUT2D eigenvalue weighted by Crippen LogP contribution is 2.13. The second-order valence-electron chi connectivity index (χ2n) is 5.15. The number of anilines is 1. The lowest BCUT2D eigenvalue weighted by Crippen LogP contribution is -2.41. The van der Waals surface area contributed by atoms with Gasteiger partial charge in [-0.2, -0.15) is 0 Å². The predicted octanol–water partition coefficient (Wildman–Crippen LogP) is 1.74. The van der Waals surface area contributed by atoms with Crippen LogP contribution in [-0.2, 0) is 0 Å². The third kappa shape index (κ3) is 4.07. The Labute approximate surface area is 138 Å². The first-order valence-electron chi connectivity index (χ1n) is 7.01. The Hall–Kier alpha value is -3.42. The van der Waals surface area contributed by atoms with Gasteiger partial charge in [0.05, 0.1) is 4.92 Å². The van der Waals surface area contributed by atoms with Crippen LogP contribution >= 0.6 is 0 Å². The first kappa shape index (κ1) is 16.9. The summed E-state index contributed by atoms with van der Waals surface area (Å²) in [6, 6.07) is 11.9. The molecule has 0 aliphatic carbocycles. The number of nitro groups is 1. The second kappa shape index (κ2) is 7.23. The summed E-state index contributed by atoms with van der Waals surface area (Å²) in [6.07, 6.45) is 0. The lowest BCUT2D eigenvalue weighted by Gasteiger charge is -2.12. The van der Waals surface area contributed by atoms with Gasteiger partial charge in [-0.3, -0.25) is 30.6 Å². The first-order chi connectivity index (χ1) is 11.4. The van der Waals surface area contributed by atoms with Crippen LogP contribution in [0.15, 0.2) is 48.5 Å². The van der Waals surface area contributed by atoms with E-state index in [1.165, 1.54) is 24.3 Å². The van der Waals surface area contributed by atoms with Crippen molar-refractivity contribution in [2.75, 3.05) is 19.0 Å². The Morgan fingerprint density at radius 3 is 1.67 bits per heavy atom. The zero-order valence-corrected chi connectivity index (χ0v) is 13.1. The number of carbonyl (C=O) groups is 2. The summed E-state index contributed by atoms with van der Waals surface area (Å²) < 4.78 is 0. The molecule has 0 heterocycles. The van der Waals surface area contributed by atoms with Gasteiger partial charge in [0.15, 0.2) is 0 Å². The summed E-state index contributed by atoms with van der Waals surface area (Å²) in [4.78, 5) is 35.8. The molecule has 0 unspecified atom stereocenters. The van der Waals surface area contributed by atoms with Crippen molar-refractivity contribution in [1.82, 2.24) is 10.9 Å². The van der Waals surface area contributed by atoms with Crippen molar-refractivity contribution in [3.8, 4) is 0 Å². The van der Waals surface area contributed by atoms with Crippen molar-refractivity contribution in [3.63, 3.8) is 0 Å². The first-order valence-corrected chi connectivity index (χ1v) is 7.01. The minimum atomic E-state index is -0.567. The maximum absolute atomic E-state index is 12.0. The highest BCUT2D eigenvalue weighted by molar-refractivity contribution is 5.99. The van der Waals surface area contributed by atoms with E-state index in [0.717, 1.165) is 5.69 Å². The average Bonchev–Trinajstić information content (AvgIpc) is 2.59. The monoisotopic (exact) mass is 328 g/mol. The maximum atomic E-state index is 12.0. The van der Waals surface area contributed by atoms with Gasteiger partial charge < -0.3 is 4.90 Å². The summed E-state index contributed by atoms with van der Waals surface area (Å²) in [5.41, 5.74) is 5.98. The molecule has 0 aliphatic heterocycles. The lowest BCUT2D eigenvalue weighted by molar-refractivity contribution is -0.384. The number of hydrogen-bond acceptors (Lipinski definition) is 5. The molecule has 2 amide bonds. The standard InChI is InChI=1S/C16H16N4O4/c1-19(2)13-7-3-11(4-8-13)15(21)17-18-16(22)12-5-9-14(10-6-12)20(23)24/h3-10H,1-2H3,(H,17,21)(H,18,22). The van der Waals surface area contributed by atoms with Crippen LogP contribution in [0.25, 0.3) is 0 Å². The van der Waals surface area contributed by atoms with Crippen molar-refractivity contribution >= 4 is 23.2 Å². The van der Waals surface area contributed by atoms with E-state index in [9.17, 15) is 19.7 Å². The molecular formula is C16H16N4O4. The van der Waals surface area contributed by atoms with Gasteiger partial charge in [-0.15, -0.1) is 0 Å². The summed E-state index contributed by atoms with van der Waals surface area (Å²) in [7, 11) is 3.78. The highest BCUT2D eigenvalue weighted by atomic mass is 16.6. The molecular weight excluding hydrogens is 312 g/mol. The molecule has 0 aromatic heterocycles. The molecule has 0 spiro atoms. The Balaban J connectivity index is 1.95. The molecule has 124 valence electrons. The van der Waals surface area contributed by atoms with Gasteiger partial charge >= 0.3 is 0 Å². The molecule has 2 aromatic rings. The number of nitrogens with one attached hydrogen (secondary N) is 2. The predicted molar refractivity (Wildman–Crippen MR) is 88.8 cm³/mol. The zero-order valence-electron chi connectivity index (χ0n) is 13.1. The van der Waals surface area contributed by atoms with E-state index in [1.807, 2.05) is 19.0 Å². The summed E-state index contributed by atoms with van der Waals surface area (Å²) in [6.45, 7) is 0. The highest BCUT2D eigenvalue weighted by Gasteiger charge is 2.11. The van der Waals surface area contributed by atoms with Gasteiger partial charge in [0.25, 0.3) is 17.5 Å². The summed E-state index contributed by atoms with van der Waals surface area (Å²) in [5.74, 6) is -1.03. The van der Waals surface area contributed by atoms with Gasteiger partial charge in [0.1, 0.15) is 0 Å². The Morgan fingerprint density at radius 2 is 1.29 bits per heavy atom. The zero-order chi connectivity index (χ0) is 17.7. The SMILES string of the molecule is CN(C)c1ccc(C(=O)NNC(=O)c2ccc([N+](=O)[O-])cc2)cc1. The number of amides is 2. The van der Waals surface area contributed by atoms with Crippen LogP contribution in [0.3, 0.4) is 0 Å². The van der Waals surface area contributed by atoms with E-state index in [-0.39, 0.29) is 11.3 Å². The second-order valence-corrected chi connectivity index (χ2v) is 5.15. The summed E-state index contributed by atoms with van der Waals surface area (Å²) >= 11 is 0. The number of hydrazine groups is 1. The van der Waals surface area contributed by atoms with Crippen LogP contribution < -0.4 is 15.8 Å². The average molecular weight is 328 g/mol. The molecule has 2 rings (SSSR count). The fraction of sp³-hybridized carbons (Fsp3) is 0.125. The number of nitrogens with zero attached hydrogens (tertiary/aromatic N) is 2. The number of benzene rings is 2. The smallest absolute Gasteiger partial charge is 0.269 e. The van der Waals surface area contributed by atoms with Crippen molar-refractivity contribution in [2.45, 2.75) is 0 Å². The molecule has 24 heavy (non-hydrogen) atoms. The molecule has 0 aliphatic rings. The van der Waals surface area contributed by atoms with Crippen LogP contribution in [0.5, 0.6) is 0 Å². The van der Waals surface area contributed by atoms with Crippen LogP contribution in [0.2, 0.25) is 0 Å².